The molecular formula is C30H29N3O7. The lowest BCUT2D eigenvalue weighted by molar-refractivity contribution is -0.133. The van der Waals surface area contributed by atoms with Crippen LogP contribution in [0.25, 0.3) is 0 Å². The molecule has 0 saturated carbocycles. The zero-order valence-electron chi connectivity index (χ0n) is 21.8. The number of hydrogen-bond acceptors (Lipinski definition) is 7. The second-order valence-electron chi connectivity index (χ2n) is 9.95. The second kappa shape index (κ2) is 10.8. The van der Waals surface area contributed by atoms with Crippen molar-refractivity contribution in [1.82, 2.24) is 15.1 Å². The van der Waals surface area contributed by atoms with Gasteiger partial charge in [-0.2, -0.15) is 0 Å². The van der Waals surface area contributed by atoms with Gasteiger partial charge in [-0.3, -0.25) is 14.5 Å². The van der Waals surface area contributed by atoms with E-state index in [9.17, 15) is 19.5 Å². The molecule has 0 aromatic heterocycles. The third kappa shape index (κ3) is 5.12. The van der Waals surface area contributed by atoms with Gasteiger partial charge in [-0.25, -0.2) is 4.79 Å². The van der Waals surface area contributed by atoms with Crippen LogP contribution in [0.15, 0.2) is 60.7 Å². The fourth-order valence-electron chi connectivity index (χ4n) is 5.35. The van der Waals surface area contributed by atoms with Gasteiger partial charge >= 0.3 is 6.09 Å². The average Bonchev–Trinajstić information content (AvgIpc) is 3.36. The summed E-state index contributed by atoms with van der Waals surface area (Å²) < 4.78 is 17.1. The highest BCUT2D eigenvalue weighted by Crippen LogP contribution is 2.39. The molecule has 3 amide bonds. The Hall–Kier alpha value is -4.73. The fraction of sp³-hybridized carbons (Fsp3) is 0.300. The maximum atomic E-state index is 13.6. The van der Waals surface area contributed by atoms with Gasteiger partial charge in [0.2, 0.25) is 5.91 Å². The quantitative estimate of drug-likeness (QED) is 0.507. The van der Waals surface area contributed by atoms with E-state index in [2.05, 4.69) is 5.32 Å². The minimum Gasteiger partial charge on any atom is -0.507 e. The zero-order valence-corrected chi connectivity index (χ0v) is 21.8. The molecule has 3 aromatic rings. The lowest BCUT2D eigenvalue weighted by atomic mass is 9.87. The topological polar surface area (TPSA) is 118 Å². The fourth-order valence-corrected chi connectivity index (χ4v) is 5.35. The summed E-state index contributed by atoms with van der Waals surface area (Å²) in [6.07, 6.45) is 0.678. The van der Waals surface area contributed by atoms with Crippen molar-refractivity contribution >= 4 is 17.9 Å². The van der Waals surface area contributed by atoms with Gasteiger partial charge in [-0.15, -0.1) is 0 Å². The van der Waals surface area contributed by atoms with Crippen LogP contribution in [0.5, 0.6) is 23.0 Å². The molecule has 206 valence electrons. The molecule has 8 bridgehead atoms. The van der Waals surface area contributed by atoms with Crippen LogP contribution in [0.1, 0.15) is 39.5 Å². The first-order chi connectivity index (χ1) is 19.5. The number of phenols is 1. The number of nitrogens with one attached hydrogen (secondary N) is 1. The van der Waals surface area contributed by atoms with E-state index in [0.717, 1.165) is 16.7 Å². The Kier molecular flexibility index (Phi) is 6.90. The summed E-state index contributed by atoms with van der Waals surface area (Å²) in [5.41, 5.74) is 3.00. The monoisotopic (exact) mass is 543 g/mol. The molecule has 1 atom stereocenters. The molecule has 4 aliphatic heterocycles. The average molecular weight is 544 g/mol. The van der Waals surface area contributed by atoms with Gasteiger partial charge in [-0.1, -0.05) is 18.2 Å². The normalized spacial score (nSPS) is 18.6. The predicted molar refractivity (Wildman–Crippen MR) is 144 cm³/mol. The Balaban J connectivity index is 1.38. The van der Waals surface area contributed by atoms with Crippen molar-refractivity contribution in [2.45, 2.75) is 18.9 Å². The van der Waals surface area contributed by atoms with E-state index in [1.807, 2.05) is 47.4 Å². The van der Waals surface area contributed by atoms with Crippen molar-refractivity contribution in [2.24, 2.45) is 0 Å². The van der Waals surface area contributed by atoms with E-state index in [1.165, 1.54) is 17.0 Å². The summed E-state index contributed by atoms with van der Waals surface area (Å²) >= 11 is 0. The number of fused-ring (bicyclic) bond motifs is 6. The third-order valence-corrected chi connectivity index (χ3v) is 7.33. The Bertz CT molecular complexity index is 1470. The maximum absolute atomic E-state index is 13.6. The SMILES string of the molecule is O=C1NCCCOc2cccc(c2)C2c3ccc(cc3CCN2C(=O)CN2CCOC2=O)Oc2ccc(O)c1c2. The van der Waals surface area contributed by atoms with Crippen LogP contribution in [0.3, 0.4) is 0 Å². The molecule has 1 saturated heterocycles. The van der Waals surface area contributed by atoms with E-state index < -0.39 is 12.0 Å². The molecule has 3 aromatic carbocycles. The van der Waals surface area contributed by atoms with Crippen molar-refractivity contribution in [3.8, 4) is 23.0 Å². The van der Waals surface area contributed by atoms with Crippen LogP contribution in [0, 0.1) is 0 Å². The van der Waals surface area contributed by atoms with Crippen molar-refractivity contribution in [1.29, 1.82) is 0 Å². The molecule has 0 radical (unpaired) electrons. The standard InChI is InChI=1S/C30H29N3O7/c34-26-8-6-23-17-25(26)29(36)31-10-2-13-38-21-4-1-3-20(16-21)28-24-7-5-22(40-23)15-19(24)9-11-33(28)27(35)18-32-12-14-39-30(32)37/h1,3-8,15-17,28,34H,2,9-14,18H2,(H,31,36). The minimum atomic E-state index is -0.471. The van der Waals surface area contributed by atoms with Crippen LogP contribution in [-0.4, -0.2) is 72.2 Å². The number of aromatic hydroxyl groups is 1. The summed E-state index contributed by atoms with van der Waals surface area (Å²) in [6, 6.07) is 17.5. The first-order valence-electron chi connectivity index (χ1n) is 13.3. The van der Waals surface area contributed by atoms with Crippen molar-refractivity contribution in [3.63, 3.8) is 0 Å². The van der Waals surface area contributed by atoms with Gasteiger partial charge in [0.25, 0.3) is 5.91 Å². The molecule has 10 heteroatoms. The Morgan fingerprint density at radius 3 is 2.65 bits per heavy atom. The van der Waals surface area contributed by atoms with E-state index in [1.54, 1.807) is 6.07 Å². The number of phenolic OH excluding ortho intramolecular Hbond substituents is 1. The van der Waals surface area contributed by atoms with Crippen LogP contribution in [-0.2, 0) is 16.0 Å². The van der Waals surface area contributed by atoms with Gasteiger partial charge in [0.05, 0.1) is 24.8 Å². The number of amides is 3. The minimum absolute atomic E-state index is 0.0447. The van der Waals surface area contributed by atoms with Crippen molar-refractivity contribution < 1.29 is 33.7 Å². The Morgan fingerprint density at radius 1 is 0.950 bits per heavy atom. The number of carbonyl (C=O) groups excluding carboxylic acids is 3. The Morgan fingerprint density at radius 2 is 1.80 bits per heavy atom. The number of carbonyl (C=O) groups is 3. The molecule has 4 aliphatic rings. The molecule has 4 heterocycles. The van der Waals surface area contributed by atoms with Crippen LogP contribution >= 0.6 is 0 Å². The van der Waals surface area contributed by atoms with E-state index in [-0.39, 0.29) is 36.4 Å². The number of rotatable bonds is 2. The molecule has 0 aliphatic carbocycles. The molecule has 10 nitrogen and oxygen atoms in total. The number of ether oxygens (including phenoxy) is 3. The third-order valence-electron chi connectivity index (χ3n) is 7.33. The van der Waals surface area contributed by atoms with E-state index in [4.69, 9.17) is 14.2 Å². The molecule has 1 unspecified atom stereocenters. The zero-order chi connectivity index (χ0) is 27.6. The van der Waals surface area contributed by atoms with Gasteiger partial charge in [0.1, 0.15) is 36.1 Å². The first-order valence-corrected chi connectivity index (χ1v) is 13.3. The highest BCUT2D eigenvalue weighted by molar-refractivity contribution is 5.97. The maximum Gasteiger partial charge on any atom is 0.410 e. The van der Waals surface area contributed by atoms with Gasteiger partial charge in [0, 0.05) is 13.1 Å². The summed E-state index contributed by atoms with van der Waals surface area (Å²) in [7, 11) is 0. The van der Waals surface area contributed by atoms with Gasteiger partial charge in [0.15, 0.2) is 0 Å². The van der Waals surface area contributed by atoms with Crippen LogP contribution < -0.4 is 14.8 Å². The summed E-state index contributed by atoms with van der Waals surface area (Å²) in [4.78, 5) is 41.5. The predicted octanol–water partition coefficient (Wildman–Crippen LogP) is 3.62. The highest BCUT2D eigenvalue weighted by atomic mass is 16.6. The smallest absolute Gasteiger partial charge is 0.410 e. The van der Waals surface area contributed by atoms with E-state index in [0.29, 0.717) is 56.3 Å². The first kappa shape index (κ1) is 25.5. The second-order valence-corrected chi connectivity index (χ2v) is 9.95. The number of hydrogen-bond donors (Lipinski definition) is 2. The highest BCUT2D eigenvalue weighted by Gasteiger charge is 2.35. The molecule has 1 fully saturated rings. The molecular weight excluding hydrogens is 514 g/mol. The number of nitrogens with zero attached hydrogens (tertiary/aromatic N) is 2. The van der Waals surface area contributed by atoms with Crippen LogP contribution in [0.2, 0.25) is 0 Å². The lowest BCUT2D eigenvalue weighted by Gasteiger charge is -2.38. The Labute approximate surface area is 231 Å². The molecule has 0 spiro atoms. The van der Waals surface area contributed by atoms with Crippen LogP contribution in [0.4, 0.5) is 4.79 Å². The number of cyclic esters (lactones) is 1. The van der Waals surface area contributed by atoms with E-state index >= 15 is 0 Å². The number of benzene rings is 3. The molecule has 7 rings (SSSR count). The molecule has 2 N–H and O–H groups in total. The lowest BCUT2D eigenvalue weighted by Crippen LogP contribution is -2.45. The van der Waals surface area contributed by atoms with Gasteiger partial charge in [-0.05, 0) is 72.0 Å². The van der Waals surface area contributed by atoms with Crippen molar-refractivity contribution in [3.05, 3.63) is 82.9 Å². The molecule has 40 heavy (non-hydrogen) atoms. The largest absolute Gasteiger partial charge is 0.507 e. The summed E-state index contributed by atoms with van der Waals surface area (Å²) in [6.45, 7) is 1.81. The summed E-state index contributed by atoms with van der Waals surface area (Å²) in [5.74, 6) is 0.960. The van der Waals surface area contributed by atoms with Gasteiger partial charge < -0.3 is 29.5 Å². The van der Waals surface area contributed by atoms with Crippen molar-refractivity contribution in [2.75, 3.05) is 39.4 Å². The summed E-state index contributed by atoms with van der Waals surface area (Å²) in [5, 5.41) is 13.1.